The van der Waals surface area contributed by atoms with Gasteiger partial charge >= 0.3 is 0 Å². The largest absolute Gasteiger partial charge is 0.338 e. The zero-order valence-corrected chi connectivity index (χ0v) is 8.20. The number of hydrogen-bond acceptors (Lipinski definition) is 2. The maximum absolute atomic E-state index is 11.5. The number of carbonyl (C=O) groups excluding carboxylic acids is 1. The van der Waals surface area contributed by atoms with Crippen LogP contribution < -0.4 is 5.73 Å². The van der Waals surface area contributed by atoms with Crippen LogP contribution in [0, 0.1) is 5.92 Å². The average Bonchev–Trinajstić information content (AvgIpc) is 2.26. The van der Waals surface area contributed by atoms with Crippen LogP contribution in [0.3, 0.4) is 0 Å². The number of hydrogen-bond donors (Lipinski definition) is 1. The molecule has 0 aromatic rings. The lowest BCUT2D eigenvalue weighted by atomic mass is 9.80. The van der Waals surface area contributed by atoms with Crippen molar-refractivity contribution < 1.29 is 4.79 Å². The zero-order chi connectivity index (χ0) is 9.42. The first-order valence-electron chi connectivity index (χ1n) is 5.23. The molecule has 1 heterocycles. The Kier molecular flexibility index (Phi) is 2.28. The summed E-state index contributed by atoms with van der Waals surface area (Å²) in [4.78, 5) is 13.5. The Morgan fingerprint density at radius 3 is 2.62 bits per heavy atom. The first-order chi connectivity index (χ1) is 6.18. The van der Waals surface area contributed by atoms with Crippen molar-refractivity contribution in [3.05, 3.63) is 0 Å². The second-order valence-electron chi connectivity index (χ2n) is 4.44. The number of nitrogens with two attached hydrogens (primary N) is 1. The van der Waals surface area contributed by atoms with Gasteiger partial charge in [-0.3, -0.25) is 4.79 Å². The lowest BCUT2D eigenvalue weighted by molar-refractivity contribution is -0.130. The number of likely N-dealkylation sites (tertiary alicyclic amines) is 1. The van der Waals surface area contributed by atoms with Crippen molar-refractivity contribution in [1.29, 1.82) is 0 Å². The van der Waals surface area contributed by atoms with E-state index in [2.05, 4.69) is 6.92 Å². The minimum absolute atomic E-state index is 0.0787. The minimum Gasteiger partial charge on any atom is -0.338 e. The Bertz CT molecular complexity index is 213. The van der Waals surface area contributed by atoms with Gasteiger partial charge in [0, 0.05) is 25.0 Å². The van der Waals surface area contributed by atoms with Crippen molar-refractivity contribution >= 4 is 5.91 Å². The molecule has 1 aliphatic carbocycles. The van der Waals surface area contributed by atoms with Gasteiger partial charge in [0.05, 0.1) is 0 Å². The monoisotopic (exact) mass is 182 g/mol. The average molecular weight is 182 g/mol. The molecular weight excluding hydrogens is 164 g/mol. The van der Waals surface area contributed by atoms with Gasteiger partial charge < -0.3 is 10.6 Å². The molecular formula is C10H18N2O. The van der Waals surface area contributed by atoms with Crippen molar-refractivity contribution in [2.45, 2.75) is 44.7 Å². The predicted octanol–water partition coefficient (Wildman–Crippen LogP) is 0.735. The van der Waals surface area contributed by atoms with Crippen LogP contribution in [0.15, 0.2) is 0 Å². The molecule has 13 heavy (non-hydrogen) atoms. The Morgan fingerprint density at radius 1 is 1.54 bits per heavy atom. The van der Waals surface area contributed by atoms with E-state index in [4.69, 9.17) is 5.73 Å². The van der Waals surface area contributed by atoms with Gasteiger partial charge in [-0.1, -0.05) is 6.42 Å². The minimum atomic E-state index is 0.0787. The number of amides is 1. The highest BCUT2D eigenvalue weighted by Gasteiger charge is 2.35. The highest BCUT2D eigenvalue weighted by Crippen LogP contribution is 2.33. The first-order valence-corrected chi connectivity index (χ1v) is 5.23. The summed E-state index contributed by atoms with van der Waals surface area (Å²) in [7, 11) is 0. The van der Waals surface area contributed by atoms with E-state index in [1.807, 2.05) is 4.90 Å². The van der Waals surface area contributed by atoms with E-state index in [0.717, 1.165) is 12.5 Å². The fourth-order valence-corrected chi connectivity index (χ4v) is 2.33. The summed E-state index contributed by atoms with van der Waals surface area (Å²) in [5.41, 5.74) is 5.75. The third kappa shape index (κ3) is 1.57. The second-order valence-corrected chi connectivity index (χ2v) is 4.44. The molecule has 0 radical (unpaired) electrons. The smallest absolute Gasteiger partial charge is 0.224 e. The lowest BCUT2D eigenvalue weighted by Crippen LogP contribution is -2.42. The molecule has 0 aromatic carbocycles. The van der Waals surface area contributed by atoms with Crippen LogP contribution in [0.25, 0.3) is 0 Å². The summed E-state index contributed by atoms with van der Waals surface area (Å²) in [6.07, 6.45) is 4.47. The second kappa shape index (κ2) is 3.29. The van der Waals surface area contributed by atoms with Crippen LogP contribution in [0.2, 0.25) is 0 Å². The van der Waals surface area contributed by atoms with E-state index in [9.17, 15) is 4.79 Å². The van der Waals surface area contributed by atoms with Crippen LogP contribution in [0.1, 0.15) is 32.6 Å². The summed E-state index contributed by atoms with van der Waals surface area (Å²) < 4.78 is 0. The van der Waals surface area contributed by atoms with Crippen LogP contribution in [-0.4, -0.2) is 29.4 Å². The summed E-state index contributed by atoms with van der Waals surface area (Å²) in [6, 6.07) is 0.504. The standard InChI is InChI=1S/C10H18N2O/c1-7(8-3-2-4-8)12-6-9(11)5-10(12)13/h7-9H,2-6,11H2,1H3. The maximum Gasteiger partial charge on any atom is 0.224 e. The molecule has 2 N–H and O–H groups in total. The first kappa shape index (κ1) is 9.00. The summed E-state index contributed by atoms with van der Waals surface area (Å²) in [5.74, 6) is 1.00. The molecule has 1 aliphatic heterocycles. The van der Waals surface area contributed by atoms with Gasteiger partial charge in [-0.05, 0) is 25.7 Å². The van der Waals surface area contributed by atoms with Crippen molar-refractivity contribution in [3.8, 4) is 0 Å². The quantitative estimate of drug-likeness (QED) is 0.684. The van der Waals surface area contributed by atoms with Gasteiger partial charge in [0.25, 0.3) is 0 Å². The van der Waals surface area contributed by atoms with E-state index < -0.39 is 0 Å². The molecule has 0 aromatic heterocycles. The lowest BCUT2D eigenvalue weighted by Gasteiger charge is -2.37. The topological polar surface area (TPSA) is 46.3 Å². The highest BCUT2D eigenvalue weighted by atomic mass is 16.2. The number of nitrogens with zero attached hydrogens (tertiary/aromatic N) is 1. The van der Waals surface area contributed by atoms with E-state index >= 15 is 0 Å². The molecule has 2 fully saturated rings. The number of carbonyl (C=O) groups is 1. The molecule has 2 atom stereocenters. The van der Waals surface area contributed by atoms with Gasteiger partial charge in [0.2, 0.25) is 5.91 Å². The van der Waals surface area contributed by atoms with Crippen LogP contribution in [0.4, 0.5) is 0 Å². The molecule has 0 spiro atoms. The maximum atomic E-state index is 11.5. The molecule has 1 saturated carbocycles. The zero-order valence-electron chi connectivity index (χ0n) is 8.20. The SMILES string of the molecule is CC(C1CCC1)N1CC(N)CC1=O. The van der Waals surface area contributed by atoms with Gasteiger partial charge in [-0.25, -0.2) is 0 Å². The highest BCUT2D eigenvalue weighted by molar-refractivity contribution is 5.79. The van der Waals surface area contributed by atoms with Crippen molar-refractivity contribution in [1.82, 2.24) is 4.90 Å². The molecule has 3 nitrogen and oxygen atoms in total. The molecule has 0 bridgehead atoms. The molecule has 3 heteroatoms. The molecule has 1 saturated heterocycles. The Labute approximate surface area is 79.3 Å². The Hall–Kier alpha value is -0.570. The van der Waals surface area contributed by atoms with Gasteiger partial charge in [-0.2, -0.15) is 0 Å². The summed E-state index contributed by atoms with van der Waals surface area (Å²) in [6.45, 7) is 2.94. The normalized spacial score (nSPS) is 32.0. The van der Waals surface area contributed by atoms with Crippen LogP contribution >= 0.6 is 0 Å². The van der Waals surface area contributed by atoms with E-state index in [1.54, 1.807) is 0 Å². The molecule has 2 rings (SSSR count). The number of rotatable bonds is 2. The summed E-state index contributed by atoms with van der Waals surface area (Å²) in [5, 5.41) is 0. The van der Waals surface area contributed by atoms with Gasteiger partial charge in [0.1, 0.15) is 0 Å². The van der Waals surface area contributed by atoms with Crippen LogP contribution in [-0.2, 0) is 4.79 Å². The fourth-order valence-electron chi connectivity index (χ4n) is 2.33. The van der Waals surface area contributed by atoms with E-state index in [-0.39, 0.29) is 11.9 Å². The van der Waals surface area contributed by atoms with Crippen molar-refractivity contribution in [2.75, 3.05) is 6.54 Å². The van der Waals surface area contributed by atoms with Crippen molar-refractivity contribution in [2.24, 2.45) is 11.7 Å². The molecule has 1 amide bonds. The molecule has 2 aliphatic rings. The third-order valence-corrected chi connectivity index (χ3v) is 3.51. The fraction of sp³-hybridized carbons (Fsp3) is 0.900. The summed E-state index contributed by atoms with van der Waals surface area (Å²) >= 11 is 0. The van der Waals surface area contributed by atoms with Crippen LogP contribution in [0.5, 0.6) is 0 Å². The Morgan fingerprint density at radius 2 is 2.23 bits per heavy atom. The third-order valence-electron chi connectivity index (χ3n) is 3.51. The van der Waals surface area contributed by atoms with E-state index in [0.29, 0.717) is 12.5 Å². The Balaban J connectivity index is 1.95. The van der Waals surface area contributed by atoms with E-state index in [1.165, 1.54) is 19.3 Å². The molecule has 2 unspecified atom stereocenters. The van der Waals surface area contributed by atoms with Gasteiger partial charge in [-0.15, -0.1) is 0 Å². The predicted molar refractivity (Wildman–Crippen MR) is 51.1 cm³/mol. The molecule has 74 valence electrons. The van der Waals surface area contributed by atoms with Crippen molar-refractivity contribution in [3.63, 3.8) is 0 Å². The van der Waals surface area contributed by atoms with Gasteiger partial charge in [0.15, 0.2) is 0 Å².